The average molecular weight is 458 g/mol. The van der Waals surface area contributed by atoms with Gasteiger partial charge in [0.15, 0.2) is 11.6 Å². The Morgan fingerprint density at radius 3 is 2.42 bits per heavy atom. The van der Waals surface area contributed by atoms with E-state index in [0.29, 0.717) is 28.8 Å². The van der Waals surface area contributed by atoms with E-state index in [0.717, 1.165) is 24.0 Å². The lowest BCUT2D eigenvalue weighted by Crippen LogP contribution is -2.43. The summed E-state index contributed by atoms with van der Waals surface area (Å²) in [5.74, 6) is 1.40. The largest absolute Gasteiger partial charge is 0.326 e. The summed E-state index contributed by atoms with van der Waals surface area (Å²) in [4.78, 5) is 18.3. The van der Waals surface area contributed by atoms with Gasteiger partial charge in [-0.1, -0.05) is 72.3 Å². The Morgan fingerprint density at radius 2 is 1.76 bits per heavy atom. The third-order valence-corrected chi connectivity index (χ3v) is 6.44. The van der Waals surface area contributed by atoms with E-state index < -0.39 is 5.54 Å². The van der Waals surface area contributed by atoms with Gasteiger partial charge in [-0.15, -0.1) is 10.2 Å². The predicted octanol–water partition coefficient (Wildman–Crippen LogP) is 6.07. The molecule has 1 aliphatic rings. The summed E-state index contributed by atoms with van der Waals surface area (Å²) in [7, 11) is 0. The maximum atomic E-state index is 13.1. The Labute approximate surface area is 199 Å². The van der Waals surface area contributed by atoms with Gasteiger partial charge in [-0.05, 0) is 56.5 Å². The molecule has 1 saturated heterocycles. The number of carbonyl (C=O) groups excluding carboxylic acids is 1. The molecule has 4 aromatic rings. The molecule has 0 saturated carbocycles. The quantitative estimate of drug-likeness (QED) is 0.406. The number of likely N-dealkylation sites (tertiary alicyclic amines) is 1. The number of hydrogen-bond acceptors (Lipinski definition) is 3. The summed E-state index contributed by atoms with van der Waals surface area (Å²) in [5, 5.41) is 9.44. The molecule has 3 aromatic carbocycles. The second-order valence-corrected chi connectivity index (χ2v) is 8.62. The molecule has 1 N–H and O–H groups in total. The van der Waals surface area contributed by atoms with Gasteiger partial charge >= 0.3 is 0 Å². The Morgan fingerprint density at radius 1 is 1.03 bits per heavy atom. The zero-order valence-corrected chi connectivity index (χ0v) is 19.5. The lowest BCUT2D eigenvalue weighted by atomic mass is 9.97. The number of aromatic amines is 1. The van der Waals surface area contributed by atoms with Gasteiger partial charge in [0.1, 0.15) is 5.54 Å². The molecule has 0 bridgehead atoms. The molecule has 0 spiro atoms. The Hall–Kier alpha value is -3.44. The summed E-state index contributed by atoms with van der Waals surface area (Å²) in [6.45, 7) is 4.72. The number of hydrogen-bond donors (Lipinski definition) is 1. The van der Waals surface area contributed by atoms with Gasteiger partial charge in [0.25, 0.3) is 5.91 Å². The van der Waals surface area contributed by atoms with Crippen LogP contribution >= 0.6 is 11.6 Å². The van der Waals surface area contributed by atoms with E-state index in [1.165, 1.54) is 0 Å². The van der Waals surface area contributed by atoms with E-state index in [-0.39, 0.29) is 5.91 Å². The predicted molar refractivity (Wildman–Crippen MR) is 131 cm³/mol. The molecule has 33 heavy (non-hydrogen) atoms. The molecule has 1 atom stereocenters. The smallest absolute Gasteiger partial charge is 0.254 e. The molecule has 1 aliphatic heterocycles. The monoisotopic (exact) mass is 457 g/mol. The van der Waals surface area contributed by atoms with Crippen molar-refractivity contribution in [2.45, 2.75) is 32.2 Å². The molecular weight excluding hydrogens is 432 g/mol. The Bertz CT molecular complexity index is 1180. The van der Waals surface area contributed by atoms with Crippen LogP contribution in [0.4, 0.5) is 0 Å². The highest BCUT2D eigenvalue weighted by atomic mass is 35.5. The van der Waals surface area contributed by atoms with Crippen molar-refractivity contribution in [2.24, 2.45) is 0 Å². The third-order valence-electron chi connectivity index (χ3n) is 6.03. The van der Waals surface area contributed by atoms with Crippen molar-refractivity contribution < 1.29 is 4.79 Å². The molecule has 1 aromatic heterocycles. The second-order valence-electron chi connectivity index (χ2n) is 8.21. The van der Waals surface area contributed by atoms with Crippen LogP contribution in [0, 0.1) is 13.0 Å². The van der Waals surface area contributed by atoms with Gasteiger partial charge in [-0.25, -0.2) is 0 Å². The lowest BCUT2D eigenvalue weighted by Gasteiger charge is -2.33. The van der Waals surface area contributed by atoms with Crippen molar-refractivity contribution in [1.29, 1.82) is 0 Å². The molecule has 5 nitrogen and oxygen atoms in total. The molecule has 5 rings (SSSR count). The number of rotatable bonds is 3. The number of aromatic nitrogens is 3. The zero-order chi connectivity index (χ0) is 23.3. The first-order valence-corrected chi connectivity index (χ1v) is 11.4. The number of benzene rings is 3. The Balaban J connectivity index is 0.000000376. The minimum absolute atomic E-state index is 0.0208. The van der Waals surface area contributed by atoms with E-state index in [2.05, 4.69) is 28.2 Å². The highest BCUT2D eigenvalue weighted by molar-refractivity contribution is 6.31. The van der Waals surface area contributed by atoms with Crippen LogP contribution in [0.3, 0.4) is 0 Å². The summed E-state index contributed by atoms with van der Waals surface area (Å²) in [6, 6.07) is 27.6. The number of amides is 1. The molecule has 2 heterocycles. The molecule has 1 fully saturated rings. The van der Waals surface area contributed by atoms with Gasteiger partial charge in [-0.2, -0.15) is 0 Å². The van der Waals surface area contributed by atoms with Crippen LogP contribution in [0.5, 0.6) is 0 Å². The normalized spacial score (nSPS) is 17.4. The van der Waals surface area contributed by atoms with Crippen molar-refractivity contribution in [3.05, 3.63) is 107 Å². The number of nitrogens with one attached hydrogen (secondary N) is 1. The van der Waals surface area contributed by atoms with E-state index in [9.17, 15) is 4.79 Å². The van der Waals surface area contributed by atoms with E-state index in [4.69, 9.17) is 11.6 Å². The lowest BCUT2D eigenvalue weighted by molar-refractivity contribution is 0.0604. The van der Waals surface area contributed by atoms with Crippen LogP contribution in [0.25, 0.3) is 11.4 Å². The highest BCUT2D eigenvalue weighted by Gasteiger charge is 2.44. The summed E-state index contributed by atoms with van der Waals surface area (Å²) >= 11 is 6.24. The summed E-state index contributed by atoms with van der Waals surface area (Å²) in [5.41, 5.74) is 2.06. The van der Waals surface area contributed by atoms with Crippen LogP contribution in [-0.2, 0) is 5.54 Å². The topological polar surface area (TPSA) is 61.9 Å². The maximum Gasteiger partial charge on any atom is 0.254 e. The summed E-state index contributed by atoms with van der Waals surface area (Å²) in [6.07, 6.45) is 1.77. The van der Waals surface area contributed by atoms with Crippen LogP contribution < -0.4 is 0 Å². The number of carbonyl (C=O) groups is 1. The van der Waals surface area contributed by atoms with Gasteiger partial charge in [0.2, 0.25) is 0 Å². The minimum atomic E-state index is -0.509. The first-order valence-electron chi connectivity index (χ1n) is 11.0. The van der Waals surface area contributed by atoms with Gasteiger partial charge < -0.3 is 9.88 Å². The summed E-state index contributed by atoms with van der Waals surface area (Å²) < 4.78 is 0. The molecular formula is C27H26ClN4O. The average Bonchev–Trinajstić information content (AvgIpc) is 3.51. The molecule has 6 heteroatoms. The zero-order valence-electron chi connectivity index (χ0n) is 18.8. The van der Waals surface area contributed by atoms with E-state index >= 15 is 0 Å². The molecule has 1 amide bonds. The van der Waals surface area contributed by atoms with Gasteiger partial charge in [0, 0.05) is 22.7 Å². The highest BCUT2D eigenvalue weighted by Crippen LogP contribution is 2.38. The first-order chi connectivity index (χ1) is 16.0. The first kappa shape index (κ1) is 22.7. The van der Waals surface area contributed by atoms with Crippen LogP contribution in [0.1, 0.15) is 41.5 Å². The van der Waals surface area contributed by atoms with Crippen LogP contribution in [0.15, 0.2) is 78.9 Å². The van der Waals surface area contributed by atoms with Crippen LogP contribution in [0.2, 0.25) is 5.02 Å². The third kappa shape index (κ3) is 4.83. The van der Waals surface area contributed by atoms with E-state index in [1.54, 1.807) is 0 Å². The number of H-pyrrole nitrogens is 1. The fourth-order valence-electron chi connectivity index (χ4n) is 4.10. The standard InChI is InChI=1S/C21H21ClN4O.C6H5/c1-14-16(10-6-11-17(14)22)18-23-20(25-24-18)21(2)12-7-13-26(21)19(27)15-8-4-3-5-9-15;1-2-4-6-5-3-1/h3-6,8-11H,7,12-13H2,1-2H3,(H,23,24,25);1-5H/t21-;/m0./s1. The SMILES string of the molecule is Cc1c(Cl)cccc1-c1nnc([C@]2(C)CCCN2C(=O)c2ccccc2)[nH]1.[c]1ccccc1. The van der Waals surface area contributed by atoms with Gasteiger partial charge in [0.05, 0.1) is 0 Å². The molecule has 1 radical (unpaired) electrons. The second kappa shape index (κ2) is 10.0. The van der Waals surface area contributed by atoms with Crippen molar-refractivity contribution in [1.82, 2.24) is 20.1 Å². The molecule has 167 valence electrons. The minimum Gasteiger partial charge on any atom is -0.326 e. The van der Waals surface area contributed by atoms with Crippen molar-refractivity contribution in [2.75, 3.05) is 6.54 Å². The number of halogens is 1. The molecule has 0 unspecified atom stereocenters. The Kier molecular flexibility index (Phi) is 6.90. The molecule has 0 aliphatic carbocycles. The fourth-order valence-corrected chi connectivity index (χ4v) is 4.28. The van der Waals surface area contributed by atoms with Crippen molar-refractivity contribution in [3.63, 3.8) is 0 Å². The van der Waals surface area contributed by atoms with Crippen LogP contribution in [-0.4, -0.2) is 32.5 Å². The van der Waals surface area contributed by atoms with Crippen molar-refractivity contribution >= 4 is 17.5 Å². The van der Waals surface area contributed by atoms with E-state index in [1.807, 2.05) is 90.7 Å². The number of nitrogens with zero attached hydrogens (tertiary/aromatic N) is 3. The van der Waals surface area contributed by atoms with Gasteiger partial charge in [-0.3, -0.25) is 4.79 Å². The fraction of sp³-hybridized carbons (Fsp3) is 0.222. The van der Waals surface area contributed by atoms with Crippen molar-refractivity contribution in [3.8, 4) is 11.4 Å². The maximum absolute atomic E-state index is 13.1.